The zero-order valence-electron chi connectivity index (χ0n) is 9.20. The number of halogens is 1. The first-order valence-corrected chi connectivity index (χ1v) is 6.08. The van der Waals surface area contributed by atoms with Crippen LogP contribution in [-0.4, -0.2) is 6.04 Å². The summed E-state index contributed by atoms with van der Waals surface area (Å²) in [5.41, 5.74) is 1.14. The summed E-state index contributed by atoms with van der Waals surface area (Å²) in [6.45, 7) is 5.87. The highest BCUT2D eigenvalue weighted by Crippen LogP contribution is 2.30. The van der Waals surface area contributed by atoms with Gasteiger partial charge in [-0.25, -0.2) is 0 Å². The molecule has 0 heterocycles. The van der Waals surface area contributed by atoms with Gasteiger partial charge in [0.1, 0.15) is 0 Å². The standard InChI is InChI=1S/C14H14BrN/c1-3-10(2)16-14-9-8-13(15)11-6-4-5-7-12(11)14/h3-10,16H,1H2,2H3. The van der Waals surface area contributed by atoms with Crippen molar-refractivity contribution >= 4 is 32.4 Å². The maximum absolute atomic E-state index is 3.78. The van der Waals surface area contributed by atoms with E-state index in [0.29, 0.717) is 0 Å². The van der Waals surface area contributed by atoms with E-state index in [4.69, 9.17) is 0 Å². The van der Waals surface area contributed by atoms with Crippen molar-refractivity contribution in [2.45, 2.75) is 13.0 Å². The molecule has 2 aromatic carbocycles. The number of hydrogen-bond acceptors (Lipinski definition) is 1. The van der Waals surface area contributed by atoms with Gasteiger partial charge in [-0.15, -0.1) is 6.58 Å². The minimum Gasteiger partial charge on any atom is -0.379 e. The predicted octanol–water partition coefficient (Wildman–Crippen LogP) is 4.59. The number of nitrogens with one attached hydrogen (secondary N) is 1. The number of benzene rings is 2. The normalized spacial score (nSPS) is 12.4. The number of anilines is 1. The Morgan fingerprint density at radius 3 is 2.56 bits per heavy atom. The molecule has 16 heavy (non-hydrogen) atoms. The topological polar surface area (TPSA) is 12.0 Å². The van der Waals surface area contributed by atoms with Crippen molar-refractivity contribution in [2.24, 2.45) is 0 Å². The van der Waals surface area contributed by atoms with Gasteiger partial charge < -0.3 is 5.32 Å². The third kappa shape index (κ3) is 2.12. The molecule has 0 radical (unpaired) electrons. The van der Waals surface area contributed by atoms with Crippen LogP contribution in [0, 0.1) is 0 Å². The van der Waals surface area contributed by atoms with Crippen LogP contribution >= 0.6 is 15.9 Å². The fraction of sp³-hybridized carbons (Fsp3) is 0.143. The number of rotatable bonds is 3. The Morgan fingerprint density at radius 2 is 1.88 bits per heavy atom. The van der Waals surface area contributed by atoms with E-state index in [2.05, 4.69) is 65.1 Å². The highest BCUT2D eigenvalue weighted by Gasteiger charge is 2.04. The Hall–Kier alpha value is -1.28. The summed E-state index contributed by atoms with van der Waals surface area (Å²) < 4.78 is 1.12. The van der Waals surface area contributed by atoms with Crippen LogP contribution in [0.1, 0.15) is 6.92 Å². The lowest BCUT2D eigenvalue weighted by Crippen LogP contribution is -2.11. The predicted molar refractivity (Wildman–Crippen MR) is 74.9 cm³/mol. The van der Waals surface area contributed by atoms with Crippen molar-refractivity contribution in [3.05, 3.63) is 53.5 Å². The minimum atomic E-state index is 0.268. The molecule has 82 valence electrons. The summed E-state index contributed by atoms with van der Waals surface area (Å²) in [6.07, 6.45) is 1.90. The second-order valence-corrected chi connectivity index (χ2v) is 4.66. The maximum atomic E-state index is 3.78. The average Bonchev–Trinajstić information content (AvgIpc) is 2.33. The van der Waals surface area contributed by atoms with Gasteiger partial charge in [-0.05, 0) is 24.4 Å². The molecule has 2 heteroatoms. The van der Waals surface area contributed by atoms with E-state index in [9.17, 15) is 0 Å². The molecule has 0 saturated heterocycles. The summed E-state index contributed by atoms with van der Waals surface area (Å²) in [5.74, 6) is 0. The van der Waals surface area contributed by atoms with E-state index in [0.717, 1.165) is 10.2 Å². The Bertz CT molecular complexity index is 519. The van der Waals surface area contributed by atoms with E-state index >= 15 is 0 Å². The van der Waals surface area contributed by atoms with Crippen LogP contribution in [0.25, 0.3) is 10.8 Å². The first kappa shape index (κ1) is 11.2. The number of hydrogen-bond donors (Lipinski definition) is 1. The molecule has 1 nitrogen and oxygen atoms in total. The SMILES string of the molecule is C=CC(C)Nc1ccc(Br)c2ccccc12. The van der Waals surface area contributed by atoms with E-state index in [-0.39, 0.29) is 6.04 Å². The van der Waals surface area contributed by atoms with Crippen LogP contribution in [-0.2, 0) is 0 Å². The maximum Gasteiger partial charge on any atom is 0.0425 e. The van der Waals surface area contributed by atoms with Gasteiger partial charge in [0.05, 0.1) is 0 Å². The molecule has 1 atom stereocenters. The van der Waals surface area contributed by atoms with Crippen LogP contribution in [0.3, 0.4) is 0 Å². The van der Waals surface area contributed by atoms with Crippen LogP contribution in [0.4, 0.5) is 5.69 Å². The molecule has 0 bridgehead atoms. The average molecular weight is 276 g/mol. The van der Waals surface area contributed by atoms with Crippen molar-refractivity contribution in [2.75, 3.05) is 5.32 Å². The highest BCUT2D eigenvalue weighted by atomic mass is 79.9. The monoisotopic (exact) mass is 275 g/mol. The molecule has 0 fully saturated rings. The fourth-order valence-corrected chi connectivity index (χ4v) is 2.17. The lowest BCUT2D eigenvalue weighted by atomic mass is 10.1. The van der Waals surface area contributed by atoms with E-state index in [1.807, 2.05) is 12.1 Å². The molecule has 0 amide bonds. The number of fused-ring (bicyclic) bond motifs is 1. The van der Waals surface area contributed by atoms with Crippen molar-refractivity contribution in [1.82, 2.24) is 0 Å². The molecule has 0 spiro atoms. The van der Waals surface area contributed by atoms with Gasteiger partial charge in [-0.3, -0.25) is 0 Å². The second kappa shape index (κ2) is 4.71. The molecule has 0 aliphatic heterocycles. The van der Waals surface area contributed by atoms with Gasteiger partial charge in [0.25, 0.3) is 0 Å². The Labute approximate surface area is 104 Å². The van der Waals surface area contributed by atoms with Crippen molar-refractivity contribution in [3.8, 4) is 0 Å². The lowest BCUT2D eigenvalue weighted by Gasteiger charge is -2.14. The molecular formula is C14H14BrN. The molecule has 0 aromatic heterocycles. The van der Waals surface area contributed by atoms with Crippen molar-refractivity contribution in [3.63, 3.8) is 0 Å². The van der Waals surface area contributed by atoms with E-state index in [1.54, 1.807) is 0 Å². The zero-order valence-corrected chi connectivity index (χ0v) is 10.8. The summed E-state index contributed by atoms with van der Waals surface area (Å²) in [4.78, 5) is 0. The summed E-state index contributed by atoms with van der Waals surface area (Å²) in [7, 11) is 0. The first-order valence-electron chi connectivity index (χ1n) is 5.28. The van der Waals surface area contributed by atoms with Crippen LogP contribution in [0.15, 0.2) is 53.5 Å². The van der Waals surface area contributed by atoms with Gasteiger partial charge in [-0.2, -0.15) is 0 Å². The smallest absolute Gasteiger partial charge is 0.0425 e. The molecular weight excluding hydrogens is 262 g/mol. The molecule has 0 saturated carbocycles. The summed E-state index contributed by atoms with van der Waals surface area (Å²) in [5, 5.41) is 5.88. The van der Waals surface area contributed by atoms with Gasteiger partial charge in [0.15, 0.2) is 0 Å². The van der Waals surface area contributed by atoms with Gasteiger partial charge in [0, 0.05) is 21.6 Å². The van der Waals surface area contributed by atoms with Crippen LogP contribution in [0.2, 0.25) is 0 Å². The van der Waals surface area contributed by atoms with E-state index < -0.39 is 0 Å². The first-order chi connectivity index (χ1) is 7.72. The van der Waals surface area contributed by atoms with Crippen LogP contribution < -0.4 is 5.32 Å². The molecule has 0 aliphatic carbocycles. The molecule has 2 rings (SSSR count). The largest absolute Gasteiger partial charge is 0.379 e. The highest BCUT2D eigenvalue weighted by molar-refractivity contribution is 9.10. The molecule has 0 aliphatic rings. The zero-order chi connectivity index (χ0) is 11.5. The molecule has 1 N–H and O–H groups in total. The second-order valence-electron chi connectivity index (χ2n) is 3.81. The van der Waals surface area contributed by atoms with Gasteiger partial charge in [0.2, 0.25) is 0 Å². The Balaban J connectivity index is 2.54. The van der Waals surface area contributed by atoms with Crippen LogP contribution in [0.5, 0.6) is 0 Å². The fourth-order valence-electron chi connectivity index (χ4n) is 1.69. The van der Waals surface area contributed by atoms with E-state index in [1.165, 1.54) is 10.8 Å². The summed E-state index contributed by atoms with van der Waals surface area (Å²) >= 11 is 3.57. The van der Waals surface area contributed by atoms with Crippen molar-refractivity contribution < 1.29 is 0 Å². The van der Waals surface area contributed by atoms with Gasteiger partial charge >= 0.3 is 0 Å². The third-order valence-corrected chi connectivity index (χ3v) is 3.30. The third-order valence-electron chi connectivity index (χ3n) is 2.61. The summed E-state index contributed by atoms with van der Waals surface area (Å²) in [6, 6.07) is 12.8. The molecule has 1 unspecified atom stereocenters. The molecule has 2 aromatic rings. The quantitative estimate of drug-likeness (QED) is 0.808. The Morgan fingerprint density at radius 1 is 1.19 bits per heavy atom. The van der Waals surface area contributed by atoms with Crippen molar-refractivity contribution in [1.29, 1.82) is 0 Å². The Kier molecular flexibility index (Phi) is 3.30. The van der Waals surface area contributed by atoms with Gasteiger partial charge in [-0.1, -0.05) is 46.3 Å². The lowest BCUT2D eigenvalue weighted by molar-refractivity contribution is 1.00. The minimum absolute atomic E-state index is 0.268.